The fourth-order valence-electron chi connectivity index (χ4n) is 2.15. The zero-order chi connectivity index (χ0) is 11.9. The molecule has 0 spiro atoms. The van der Waals surface area contributed by atoms with Crippen molar-refractivity contribution in [1.82, 2.24) is 5.32 Å². The zero-order valence-electron chi connectivity index (χ0n) is 10.4. The molecule has 94 valence electrons. The molecule has 1 aromatic rings. The van der Waals surface area contributed by atoms with Crippen molar-refractivity contribution in [2.45, 2.75) is 25.7 Å². The summed E-state index contributed by atoms with van der Waals surface area (Å²) in [6.07, 6.45) is 4.44. The number of hydrogen-bond donors (Lipinski definition) is 2. The number of fused-ring (bicyclic) bond motifs is 1. The van der Waals surface area contributed by atoms with Crippen LogP contribution in [-0.4, -0.2) is 26.2 Å². The Morgan fingerprint density at radius 1 is 1.29 bits per heavy atom. The summed E-state index contributed by atoms with van der Waals surface area (Å²) in [5.74, 6) is 1.08. The fourth-order valence-corrected chi connectivity index (χ4v) is 2.15. The summed E-state index contributed by atoms with van der Waals surface area (Å²) in [7, 11) is 0. The Balaban J connectivity index is 1.81. The van der Waals surface area contributed by atoms with Crippen LogP contribution >= 0.6 is 0 Å². The minimum atomic E-state index is 0.767. The van der Waals surface area contributed by atoms with Crippen molar-refractivity contribution in [1.29, 1.82) is 0 Å². The summed E-state index contributed by atoms with van der Waals surface area (Å²) in [4.78, 5) is 0. The number of benzene rings is 1. The van der Waals surface area contributed by atoms with E-state index in [-0.39, 0.29) is 0 Å². The molecule has 1 aliphatic rings. The summed E-state index contributed by atoms with van der Waals surface area (Å²) in [5, 5.41) is 3.40. The number of nitrogens with two attached hydrogens (primary N) is 1. The van der Waals surface area contributed by atoms with Crippen molar-refractivity contribution in [2.24, 2.45) is 5.73 Å². The number of nitrogens with one attached hydrogen (secondary N) is 1. The minimum absolute atomic E-state index is 0.767. The van der Waals surface area contributed by atoms with E-state index >= 15 is 0 Å². The smallest absolute Gasteiger partial charge is 0.122 e. The van der Waals surface area contributed by atoms with Crippen molar-refractivity contribution in [3.63, 3.8) is 0 Å². The number of ether oxygens (including phenoxy) is 1. The Bertz CT molecular complexity index is 352. The molecule has 3 nitrogen and oxygen atoms in total. The van der Waals surface area contributed by atoms with Gasteiger partial charge in [0.1, 0.15) is 5.75 Å². The predicted molar refractivity (Wildman–Crippen MR) is 70.5 cm³/mol. The van der Waals surface area contributed by atoms with Crippen LogP contribution in [0, 0.1) is 0 Å². The third-order valence-corrected chi connectivity index (χ3v) is 3.12. The largest absolute Gasteiger partial charge is 0.493 e. The van der Waals surface area contributed by atoms with Crippen LogP contribution in [0.5, 0.6) is 5.75 Å². The minimum Gasteiger partial charge on any atom is -0.493 e. The quantitative estimate of drug-likeness (QED) is 0.733. The molecule has 2 rings (SSSR count). The van der Waals surface area contributed by atoms with Crippen LogP contribution in [0.15, 0.2) is 18.2 Å². The molecule has 0 aromatic heterocycles. The molecule has 0 fully saturated rings. The zero-order valence-corrected chi connectivity index (χ0v) is 10.4. The average Bonchev–Trinajstić information content (AvgIpc) is 2.38. The Morgan fingerprint density at radius 3 is 3.12 bits per heavy atom. The highest BCUT2D eigenvalue weighted by atomic mass is 16.5. The standard InChI is InChI=1S/C14H22N2O/c15-7-2-8-16-9-6-12-4-5-14-13(11-12)3-1-10-17-14/h4-5,11,16H,1-3,6-10,15H2. The van der Waals surface area contributed by atoms with Crippen molar-refractivity contribution in [3.8, 4) is 5.75 Å². The van der Waals surface area contributed by atoms with Crippen LogP contribution in [0.4, 0.5) is 0 Å². The highest BCUT2D eigenvalue weighted by Gasteiger charge is 2.09. The number of hydrogen-bond acceptors (Lipinski definition) is 3. The first kappa shape index (κ1) is 12.4. The lowest BCUT2D eigenvalue weighted by atomic mass is 10.0. The molecule has 17 heavy (non-hydrogen) atoms. The highest BCUT2D eigenvalue weighted by Crippen LogP contribution is 2.25. The summed E-state index contributed by atoms with van der Waals surface area (Å²) in [6.45, 7) is 3.68. The molecule has 3 heteroatoms. The van der Waals surface area contributed by atoms with Crippen LogP contribution in [0.2, 0.25) is 0 Å². The first-order valence-electron chi connectivity index (χ1n) is 6.55. The molecule has 0 atom stereocenters. The van der Waals surface area contributed by atoms with Gasteiger partial charge in [0.2, 0.25) is 0 Å². The van der Waals surface area contributed by atoms with Gasteiger partial charge < -0.3 is 15.8 Å². The van der Waals surface area contributed by atoms with E-state index in [1.807, 2.05) is 0 Å². The molecule has 3 N–H and O–H groups in total. The highest BCUT2D eigenvalue weighted by molar-refractivity contribution is 5.38. The molecule has 1 aliphatic heterocycles. The van der Waals surface area contributed by atoms with Gasteiger partial charge in [-0.15, -0.1) is 0 Å². The van der Waals surface area contributed by atoms with E-state index in [4.69, 9.17) is 10.5 Å². The lowest BCUT2D eigenvalue weighted by Gasteiger charge is -2.17. The first-order chi connectivity index (χ1) is 8.40. The van der Waals surface area contributed by atoms with Gasteiger partial charge in [-0.3, -0.25) is 0 Å². The first-order valence-corrected chi connectivity index (χ1v) is 6.55. The van der Waals surface area contributed by atoms with Gasteiger partial charge in [0.15, 0.2) is 0 Å². The molecule has 1 heterocycles. The van der Waals surface area contributed by atoms with Crippen LogP contribution < -0.4 is 15.8 Å². The number of aryl methyl sites for hydroxylation is 1. The summed E-state index contributed by atoms with van der Waals surface area (Å²) < 4.78 is 5.61. The van der Waals surface area contributed by atoms with E-state index in [2.05, 4.69) is 23.5 Å². The molecule has 0 saturated carbocycles. The van der Waals surface area contributed by atoms with Crippen LogP contribution in [0.1, 0.15) is 24.0 Å². The van der Waals surface area contributed by atoms with Gasteiger partial charge >= 0.3 is 0 Å². The second kappa shape index (κ2) is 6.62. The molecular formula is C14H22N2O. The summed E-state index contributed by atoms with van der Waals surface area (Å²) in [6, 6.07) is 6.58. The third-order valence-electron chi connectivity index (χ3n) is 3.12. The second-order valence-electron chi connectivity index (χ2n) is 4.54. The van der Waals surface area contributed by atoms with Crippen LogP contribution in [0.25, 0.3) is 0 Å². The van der Waals surface area contributed by atoms with Crippen molar-refractivity contribution < 1.29 is 4.74 Å². The lowest BCUT2D eigenvalue weighted by Crippen LogP contribution is -2.20. The summed E-state index contributed by atoms with van der Waals surface area (Å²) in [5.41, 5.74) is 8.21. The van der Waals surface area contributed by atoms with Crippen molar-refractivity contribution in [2.75, 3.05) is 26.2 Å². The van der Waals surface area contributed by atoms with Gasteiger partial charge in [-0.25, -0.2) is 0 Å². The monoisotopic (exact) mass is 234 g/mol. The van der Waals surface area contributed by atoms with E-state index in [1.54, 1.807) is 0 Å². The number of rotatable bonds is 6. The molecule has 0 amide bonds. The van der Waals surface area contributed by atoms with Crippen LogP contribution in [0.3, 0.4) is 0 Å². The Hall–Kier alpha value is -1.06. The van der Waals surface area contributed by atoms with Crippen molar-refractivity contribution in [3.05, 3.63) is 29.3 Å². The topological polar surface area (TPSA) is 47.3 Å². The van der Waals surface area contributed by atoms with Gasteiger partial charge in [-0.2, -0.15) is 0 Å². The maximum atomic E-state index is 5.61. The normalized spacial score (nSPS) is 14.2. The lowest BCUT2D eigenvalue weighted by molar-refractivity contribution is 0.288. The van der Waals surface area contributed by atoms with E-state index in [0.717, 1.165) is 57.7 Å². The van der Waals surface area contributed by atoms with E-state index in [1.165, 1.54) is 11.1 Å². The fraction of sp³-hybridized carbons (Fsp3) is 0.571. The van der Waals surface area contributed by atoms with E-state index in [9.17, 15) is 0 Å². The van der Waals surface area contributed by atoms with Gasteiger partial charge in [0.05, 0.1) is 6.61 Å². The van der Waals surface area contributed by atoms with Gasteiger partial charge in [-0.05, 0) is 62.5 Å². The molecule has 0 radical (unpaired) electrons. The molecule has 0 saturated heterocycles. The van der Waals surface area contributed by atoms with Crippen molar-refractivity contribution >= 4 is 0 Å². The SMILES string of the molecule is NCCCNCCc1ccc2c(c1)CCCO2. The van der Waals surface area contributed by atoms with E-state index < -0.39 is 0 Å². The van der Waals surface area contributed by atoms with Gasteiger partial charge in [0, 0.05) is 0 Å². The average molecular weight is 234 g/mol. The van der Waals surface area contributed by atoms with Gasteiger partial charge in [0.25, 0.3) is 0 Å². The molecular weight excluding hydrogens is 212 g/mol. The third kappa shape index (κ3) is 3.72. The second-order valence-corrected chi connectivity index (χ2v) is 4.54. The summed E-state index contributed by atoms with van der Waals surface area (Å²) >= 11 is 0. The molecule has 0 bridgehead atoms. The maximum Gasteiger partial charge on any atom is 0.122 e. The molecule has 0 unspecified atom stereocenters. The Kier molecular flexibility index (Phi) is 4.83. The molecule has 1 aromatic carbocycles. The van der Waals surface area contributed by atoms with Crippen LogP contribution in [-0.2, 0) is 12.8 Å². The van der Waals surface area contributed by atoms with E-state index in [0.29, 0.717) is 0 Å². The Morgan fingerprint density at radius 2 is 2.24 bits per heavy atom. The molecule has 0 aliphatic carbocycles. The predicted octanol–water partition coefficient (Wildman–Crippen LogP) is 1.49. The van der Waals surface area contributed by atoms with Gasteiger partial charge in [-0.1, -0.05) is 12.1 Å². The Labute approximate surface area is 103 Å². The maximum absolute atomic E-state index is 5.61.